The number of hydrogen-bond donors (Lipinski definition) is 2. The number of amides is 1. The monoisotopic (exact) mass is 441 g/mol. The zero-order chi connectivity index (χ0) is 22.8. The smallest absolute Gasteiger partial charge is 0.252 e. The predicted molar refractivity (Wildman–Crippen MR) is 127 cm³/mol. The summed E-state index contributed by atoms with van der Waals surface area (Å²) in [6.07, 6.45) is 10.0. The number of hydrogen-bond acceptors (Lipinski definition) is 5. The van der Waals surface area contributed by atoms with Crippen LogP contribution in [-0.4, -0.2) is 43.5 Å². The molecule has 0 aliphatic carbocycles. The first-order chi connectivity index (χ1) is 16.1. The molecule has 1 aliphatic heterocycles. The molecule has 5 rings (SSSR count). The maximum absolute atomic E-state index is 11.3. The minimum atomic E-state index is -0.637. The van der Waals surface area contributed by atoms with Crippen LogP contribution in [0, 0.1) is 0 Å². The van der Waals surface area contributed by atoms with Crippen LogP contribution in [0.4, 0.5) is 0 Å². The van der Waals surface area contributed by atoms with Crippen molar-refractivity contribution in [3.63, 3.8) is 0 Å². The SMILES string of the molecule is NC(=O)c1ccc(Cn2ccc3cc(C4CCN(Cc5cccnc5)CC4)cnc32)cc1O. The zero-order valence-electron chi connectivity index (χ0n) is 18.4. The lowest BCUT2D eigenvalue weighted by atomic mass is 9.90. The van der Waals surface area contributed by atoms with E-state index in [1.807, 2.05) is 35.4 Å². The molecular weight excluding hydrogens is 414 g/mol. The Morgan fingerprint density at radius 3 is 2.64 bits per heavy atom. The van der Waals surface area contributed by atoms with Gasteiger partial charge in [0.1, 0.15) is 11.4 Å². The number of piperidine rings is 1. The maximum atomic E-state index is 11.3. The van der Waals surface area contributed by atoms with Gasteiger partial charge in [-0.1, -0.05) is 12.1 Å². The summed E-state index contributed by atoms with van der Waals surface area (Å²) in [5, 5.41) is 11.2. The van der Waals surface area contributed by atoms with Crippen LogP contribution in [0.15, 0.2) is 67.3 Å². The van der Waals surface area contributed by atoms with Crippen LogP contribution in [0.3, 0.4) is 0 Å². The average Bonchev–Trinajstić information content (AvgIpc) is 3.22. The second-order valence-electron chi connectivity index (χ2n) is 8.75. The number of phenols is 1. The van der Waals surface area contributed by atoms with Gasteiger partial charge in [-0.3, -0.25) is 14.7 Å². The van der Waals surface area contributed by atoms with E-state index in [1.165, 1.54) is 11.1 Å². The van der Waals surface area contributed by atoms with Crippen molar-refractivity contribution in [1.82, 2.24) is 19.4 Å². The van der Waals surface area contributed by atoms with E-state index in [4.69, 9.17) is 10.7 Å². The molecule has 168 valence electrons. The number of fused-ring (bicyclic) bond motifs is 1. The Bertz CT molecular complexity index is 1280. The Labute approximate surface area is 192 Å². The van der Waals surface area contributed by atoms with Gasteiger partial charge >= 0.3 is 0 Å². The van der Waals surface area contributed by atoms with Crippen molar-refractivity contribution in [2.75, 3.05) is 13.1 Å². The molecule has 1 aliphatic rings. The first kappa shape index (κ1) is 21.2. The van der Waals surface area contributed by atoms with E-state index in [2.05, 4.69) is 28.1 Å². The van der Waals surface area contributed by atoms with E-state index in [-0.39, 0.29) is 11.3 Å². The van der Waals surface area contributed by atoms with Gasteiger partial charge in [-0.25, -0.2) is 4.98 Å². The number of benzene rings is 1. The third-order valence-corrected chi connectivity index (χ3v) is 6.49. The van der Waals surface area contributed by atoms with Crippen LogP contribution in [0.5, 0.6) is 5.75 Å². The third kappa shape index (κ3) is 4.59. The van der Waals surface area contributed by atoms with Crippen LogP contribution < -0.4 is 5.73 Å². The molecule has 0 radical (unpaired) electrons. The molecule has 0 unspecified atom stereocenters. The van der Waals surface area contributed by atoms with E-state index >= 15 is 0 Å². The van der Waals surface area contributed by atoms with E-state index in [0.29, 0.717) is 12.5 Å². The minimum Gasteiger partial charge on any atom is -0.507 e. The van der Waals surface area contributed by atoms with Crippen LogP contribution in [0.1, 0.15) is 45.8 Å². The van der Waals surface area contributed by atoms with Crippen LogP contribution in [0.2, 0.25) is 0 Å². The lowest BCUT2D eigenvalue weighted by Crippen LogP contribution is -2.32. The molecule has 7 nitrogen and oxygen atoms in total. The molecular formula is C26H27N5O2. The first-order valence-corrected chi connectivity index (χ1v) is 11.2. The molecule has 1 amide bonds. The number of carbonyl (C=O) groups is 1. The van der Waals surface area contributed by atoms with Crippen molar-refractivity contribution in [2.24, 2.45) is 5.73 Å². The van der Waals surface area contributed by atoms with E-state index in [0.717, 1.165) is 49.1 Å². The Kier molecular flexibility index (Phi) is 5.79. The maximum Gasteiger partial charge on any atom is 0.252 e. The fourth-order valence-corrected chi connectivity index (χ4v) is 4.70. The summed E-state index contributed by atoms with van der Waals surface area (Å²) in [5.41, 5.74) is 9.75. The third-order valence-electron chi connectivity index (χ3n) is 6.49. The van der Waals surface area contributed by atoms with Crippen molar-refractivity contribution >= 4 is 16.9 Å². The Hall–Kier alpha value is -3.71. The summed E-state index contributed by atoms with van der Waals surface area (Å²) in [7, 11) is 0. The number of likely N-dealkylation sites (tertiary alicyclic amines) is 1. The fraction of sp³-hybridized carbons (Fsp3) is 0.269. The number of rotatable bonds is 6. The van der Waals surface area contributed by atoms with E-state index < -0.39 is 5.91 Å². The average molecular weight is 442 g/mol. The standard InChI is InChI=1S/C26H27N5O2/c27-25(33)23-4-3-18(12-24(23)32)17-31-11-7-21-13-22(15-29-26(21)31)20-5-9-30(10-6-20)16-19-2-1-8-28-14-19/h1-4,7-8,11-15,20,32H,5-6,9-10,16-17H2,(H2,27,33). The van der Waals surface area contributed by atoms with Crippen molar-refractivity contribution < 1.29 is 9.90 Å². The summed E-state index contributed by atoms with van der Waals surface area (Å²) < 4.78 is 2.05. The zero-order valence-corrected chi connectivity index (χ0v) is 18.4. The van der Waals surface area contributed by atoms with Crippen molar-refractivity contribution in [3.8, 4) is 5.75 Å². The molecule has 33 heavy (non-hydrogen) atoms. The summed E-state index contributed by atoms with van der Waals surface area (Å²) >= 11 is 0. The van der Waals surface area contributed by atoms with Crippen LogP contribution in [-0.2, 0) is 13.1 Å². The van der Waals surface area contributed by atoms with Gasteiger partial charge in [0.05, 0.1) is 5.56 Å². The van der Waals surface area contributed by atoms with E-state index in [9.17, 15) is 9.90 Å². The minimum absolute atomic E-state index is 0.0958. The molecule has 7 heteroatoms. The number of aromatic nitrogens is 3. The summed E-state index contributed by atoms with van der Waals surface area (Å²) in [6.45, 7) is 3.65. The second kappa shape index (κ2) is 9.03. The summed E-state index contributed by atoms with van der Waals surface area (Å²) in [6, 6.07) is 13.4. The number of aromatic hydroxyl groups is 1. The van der Waals surface area contributed by atoms with Gasteiger partial charge in [-0.05, 0) is 78.9 Å². The van der Waals surface area contributed by atoms with Crippen LogP contribution in [0.25, 0.3) is 11.0 Å². The quantitative estimate of drug-likeness (QED) is 0.476. The first-order valence-electron chi connectivity index (χ1n) is 11.2. The van der Waals surface area contributed by atoms with Gasteiger partial charge in [-0.15, -0.1) is 0 Å². The number of pyridine rings is 2. The predicted octanol–water partition coefficient (Wildman–Crippen LogP) is 3.66. The summed E-state index contributed by atoms with van der Waals surface area (Å²) in [4.78, 5) is 22.8. The molecule has 0 spiro atoms. The van der Waals surface area contributed by atoms with Crippen molar-refractivity contribution in [1.29, 1.82) is 0 Å². The van der Waals surface area contributed by atoms with Gasteiger partial charge in [-0.2, -0.15) is 0 Å². The molecule has 0 saturated carbocycles. The lowest BCUT2D eigenvalue weighted by Gasteiger charge is -2.32. The highest BCUT2D eigenvalue weighted by atomic mass is 16.3. The highest BCUT2D eigenvalue weighted by Gasteiger charge is 2.21. The number of primary amides is 1. The number of nitrogens with two attached hydrogens (primary N) is 1. The Balaban J connectivity index is 1.26. The molecule has 4 aromatic rings. The largest absolute Gasteiger partial charge is 0.507 e. The fourth-order valence-electron chi connectivity index (χ4n) is 4.70. The van der Waals surface area contributed by atoms with Gasteiger partial charge < -0.3 is 15.4 Å². The lowest BCUT2D eigenvalue weighted by molar-refractivity contribution is 0.0997. The molecule has 1 saturated heterocycles. The molecule has 3 aromatic heterocycles. The Morgan fingerprint density at radius 2 is 1.91 bits per heavy atom. The van der Waals surface area contributed by atoms with Crippen molar-refractivity contribution in [3.05, 3.63) is 89.5 Å². The molecule has 1 aromatic carbocycles. The van der Waals surface area contributed by atoms with E-state index in [1.54, 1.807) is 18.2 Å². The molecule has 1 fully saturated rings. The van der Waals surface area contributed by atoms with Gasteiger partial charge in [0.25, 0.3) is 5.91 Å². The molecule has 4 heterocycles. The molecule has 0 atom stereocenters. The second-order valence-corrected chi connectivity index (χ2v) is 8.75. The van der Waals surface area contributed by atoms with Gasteiger partial charge in [0.2, 0.25) is 0 Å². The normalized spacial score (nSPS) is 15.2. The van der Waals surface area contributed by atoms with Crippen molar-refractivity contribution in [2.45, 2.75) is 31.8 Å². The van der Waals surface area contributed by atoms with Gasteiger partial charge in [0, 0.05) is 43.3 Å². The Morgan fingerprint density at radius 1 is 1.06 bits per heavy atom. The highest BCUT2D eigenvalue weighted by molar-refractivity contribution is 5.95. The summed E-state index contributed by atoms with van der Waals surface area (Å²) in [5.74, 6) is -0.210. The number of nitrogens with zero attached hydrogens (tertiary/aromatic N) is 4. The van der Waals surface area contributed by atoms with Crippen LogP contribution >= 0.6 is 0 Å². The molecule has 0 bridgehead atoms. The topological polar surface area (TPSA) is 97.3 Å². The highest BCUT2D eigenvalue weighted by Crippen LogP contribution is 2.30. The van der Waals surface area contributed by atoms with Gasteiger partial charge in [0.15, 0.2) is 0 Å². The molecule has 3 N–H and O–H groups in total. The number of carbonyl (C=O) groups excluding carboxylic acids is 1.